The maximum Gasteiger partial charge on any atom is 0.331 e. The summed E-state index contributed by atoms with van der Waals surface area (Å²) in [6.45, 7) is 5.31. The second-order valence-corrected chi connectivity index (χ2v) is 12.1. The van der Waals surface area contributed by atoms with E-state index in [1.807, 2.05) is 19.1 Å². The molecular weight excluding hydrogens is 589 g/mol. The van der Waals surface area contributed by atoms with Crippen LogP contribution in [0.2, 0.25) is 5.02 Å². The fourth-order valence-electron chi connectivity index (χ4n) is 6.32. The first-order valence-corrected chi connectivity index (χ1v) is 15.5. The van der Waals surface area contributed by atoms with Crippen molar-refractivity contribution in [1.29, 1.82) is 0 Å². The molecule has 0 spiro atoms. The van der Waals surface area contributed by atoms with E-state index < -0.39 is 23.1 Å². The third-order valence-electron chi connectivity index (χ3n) is 9.10. The van der Waals surface area contributed by atoms with Gasteiger partial charge in [-0.25, -0.2) is 9.18 Å². The number of epoxide rings is 1. The van der Waals surface area contributed by atoms with Crippen molar-refractivity contribution in [1.82, 2.24) is 18.9 Å². The number of amides is 1. The van der Waals surface area contributed by atoms with Crippen LogP contribution in [-0.2, 0) is 22.5 Å². The lowest BCUT2D eigenvalue weighted by Crippen LogP contribution is -2.50. The molecule has 12 heteroatoms. The Kier molecular flexibility index (Phi) is 8.54. The quantitative estimate of drug-likeness (QED) is 0.395. The molecule has 3 aromatic rings. The van der Waals surface area contributed by atoms with Crippen molar-refractivity contribution >= 4 is 23.2 Å². The highest BCUT2D eigenvalue weighted by Crippen LogP contribution is 2.36. The van der Waals surface area contributed by atoms with Crippen LogP contribution in [0.5, 0.6) is 5.75 Å². The number of ether oxygens (including phenoxy) is 2. The van der Waals surface area contributed by atoms with Crippen molar-refractivity contribution in [2.45, 2.75) is 70.6 Å². The number of nitrogens with zero attached hydrogens (tertiary/aromatic N) is 4. The van der Waals surface area contributed by atoms with E-state index in [-0.39, 0.29) is 47.1 Å². The van der Waals surface area contributed by atoms with Gasteiger partial charge >= 0.3 is 5.69 Å². The molecule has 1 aromatic heterocycles. The molecule has 10 nitrogen and oxygen atoms in total. The molecule has 0 bridgehead atoms. The second kappa shape index (κ2) is 12.4. The maximum atomic E-state index is 14.3. The van der Waals surface area contributed by atoms with Crippen LogP contribution < -0.4 is 21.3 Å². The monoisotopic (exact) mass is 625 g/mol. The normalized spacial score (nSPS) is 21.0. The van der Waals surface area contributed by atoms with E-state index in [1.165, 1.54) is 34.5 Å². The van der Waals surface area contributed by atoms with E-state index in [9.17, 15) is 18.8 Å². The van der Waals surface area contributed by atoms with Crippen LogP contribution in [0.4, 0.5) is 10.1 Å². The summed E-state index contributed by atoms with van der Waals surface area (Å²) in [5, 5.41) is 3.28. The Morgan fingerprint density at radius 2 is 1.93 bits per heavy atom. The van der Waals surface area contributed by atoms with Crippen LogP contribution >= 0.6 is 11.6 Å². The standard InChI is InChI=1S/C32H37ClFN5O5/c1-4-19(2)39-30(41)24(23-6-5-7-25(34)28(23)33)17-37(32(39)42)18-27(40)36-13-11-21(12-14-36)38-15-10-20-16-22(43-3)8-9-26(20)35-29-31(38)44-29/h5-9,16-17,19,21,29,31,35H,4,10-15,18H2,1-3H3/t19-,29?,31?/m0/s1. The molecule has 234 valence electrons. The third-order valence-corrected chi connectivity index (χ3v) is 9.48. The van der Waals surface area contributed by atoms with Gasteiger partial charge in [0.1, 0.15) is 18.1 Å². The molecular formula is C32H37ClFN5O5. The van der Waals surface area contributed by atoms with Crippen molar-refractivity contribution in [2.24, 2.45) is 0 Å². The number of nitrogens with one attached hydrogen (secondary N) is 1. The minimum Gasteiger partial charge on any atom is -0.497 e. The Labute approximate surface area is 259 Å². The van der Waals surface area contributed by atoms with Gasteiger partial charge in [0.2, 0.25) is 5.91 Å². The maximum absolute atomic E-state index is 14.3. The molecule has 2 fully saturated rings. The molecule has 6 rings (SSSR count). The number of hydrogen-bond donors (Lipinski definition) is 1. The van der Waals surface area contributed by atoms with Crippen molar-refractivity contribution in [3.05, 3.63) is 79.8 Å². The molecule has 1 N–H and O–H groups in total. The summed E-state index contributed by atoms with van der Waals surface area (Å²) < 4.78 is 28.1. The SMILES string of the molecule is CC[C@H](C)n1c(=O)c(-c2cccc(F)c2Cl)cn(CC(=O)N2CCC(N3CCc4cc(OC)ccc4NC4OC43)CC2)c1=O. The molecule has 0 radical (unpaired) electrons. The van der Waals surface area contributed by atoms with Crippen molar-refractivity contribution in [2.75, 3.05) is 32.1 Å². The largest absolute Gasteiger partial charge is 0.497 e. The van der Waals surface area contributed by atoms with Gasteiger partial charge in [-0.15, -0.1) is 0 Å². The molecule has 0 aliphatic carbocycles. The fourth-order valence-corrected chi connectivity index (χ4v) is 6.55. The van der Waals surface area contributed by atoms with Crippen LogP contribution in [-0.4, -0.2) is 70.1 Å². The number of rotatable bonds is 7. The van der Waals surface area contributed by atoms with Crippen LogP contribution in [0.3, 0.4) is 0 Å². The molecule has 2 aromatic carbocycles. The Hall–Kier alpha value is -3.67. The first-order valence-electron chi connectivity index (χ1n) is 15.1. The summed E-state index contributed by atoms with van der Waals surface area (Å²) in [5.41, 5.74) is 1.36. The van der Waals surface area contributed by atoms with E-state index >= 15 is 0 Å². The van der Waals surface area contributed by atoms with Crippen molar-refractivity contribution < 1.29 is 18.7 Å². The number of benzene rings is 2. The second-order valence-electron chi connectivity index (χ2n) is 11.7. The molecule has 2 unspecified atom stereocenters. The first kappa shape index (κ1) is 30.4. The number of hydrogen-bond acceptors (Lipinski definition) is 7. The average molecular weight is 626 g/mol. The number of anilines is 1. The lowest BCUT2D eigenvalue weighted by atomic mass is 10.0. The molecule has 3 aliphatic heterocycles. The highest BCUT2D eigenvalue weighted by molar-refractivity contribution is 6.33. The predicted molar refractivity (Wildman–Crippen MR) is 166 cm³/mol. The molecule has 0 saturated carbocycles. The average Bonchev–Trinajstić information content (AvgIpc) is 3.77. The summed E-state index contributed by atoms with van der Waals surface area (Å²) in [6, 6.07) is 10.1. The fraction of sp³-hybridized carbons (Fsp3) is 0.469. The van der Waals surface area contributed by atoms with Crippen molar-refractivity contribution in [3.63, 3.8) is 0 Å². The molecule has 3 atom stereocenters. The number of likely N-dealkylation sites (tertiary alicyclic amines) is 1. The lowest BCUT2D eigenvalue weighted by molar-refractivity contribution is -0.133. The van der Waals surface area contributed by atoms with Crippen LogP contribution in [0, 0.1) is 5.82 Å². The number of fused-ring (bicyclic) bond motifs is 2. The summed E-state index contributed by atoms with van der Waals surface area (Å²) >= 11 is 6.23. The van der Waals surface area contributed by atoms with Gasteiger partial charge in [0, 0.05) is 49.2 Å². The first-order chi connectivity index (χ1) is 21.2. The molecule has 1 amide bonds. The number of piperidine rings is 1. The molecule has 2 saturated heterocycles. The van der Waals surface area contributed by atoms with Gasteiger partial charge in [-0.1, -0.05) is 30.7 Å². The zero-order chi connectivity index (χ0) is 31.1. The van der Waals surface area contributed by atoms with Gasteiger partial charge in [0.25, 0.3) is 5.56 Å². The van der Waals surface area contributed by atoms with E-state index in [0.29, 0.717) is 19.5 Å². The van der Waals surface area contributed by atoms with Gasteiger partial charge in [0.05, 0.1) is 17.7 Å². The third kappa shape index (κ3) is 5.76. The smallest absolute Gasteiger partial charge is 0.331 e. The van der Waals surface area contributed by atoms with Crippen LogP contribution in [0.1, 0.15) is 44.7 Å². The van der Waals surface area contributed by atoms with Crippen LogP contribution in [0.15, 0.2) is 52.2 Å². The number of halogens is 2. The number of carbonyl (C=O) groups excluding carboxylic acids is 1. The Balaban J connectivity index is 1.17. The summed E-state index contributed by atoms with van der Waals surface area (Å²) in [4.78, 5) is 44.5. The van der Waals surface area contributed by atoms with Crippen molar-refractivity contribution in [3.8, 4) is 16.9 Å². The van der Waals surface area contributed by atoms with Gasteiger partial charge in [-0.05, 0) is 62.4 Å². The van der Waals surface area contributed by atoms with E-state index in [0.717, 1.165) is 41.8 Å². The molecule has 4 heterocycles. The number of aromatic nitrogens is 2. The minimum absolute atomic E-state index is 0.00856. The zero-order valence-corrected chi connectivity index (χ0v) is 25.8. The van der Waals surface area contributed by atoms with Gasteiger partial charge in [-0.3, -0.25) is 23.6 Å². The number of methoxy groups -OCH3 is 1. The van der Waals surface area contributed by atoms with E-state index in [2.05, 4.69) is 16.3 Å². The van der Waals surface area contributed by atoms with Gasteiger partial charge in [0.15, 0.2) is 12.5 Å². The highest BCUT2D eigenvalue weighted by atomic mass is 35.5. The minimum atomic E-state index is -0.668. The van der Waals surface area contributed by atoms with E-state index in [4.69, 9.17) is 21.1 Å². The Morgan fingerprint density at radius 1 is 1.16 bits per heavy atom. The van der Waals surface area contributed by atoms with E-state index in [1.54, 1.807) is 18.9 Å². The lowest BCUT2D eigenvalue weighted by Gasteiger charge is -2.38. The summed E-state index contributed by atoms with van der Waals surface area (Å²) in [7, 11) is 1.66. The number of carbonyl (C=O) groups is 1. The summed E-state index contributed by atoms with van der Waals surface area (Å²) in [5.74, 6) is -0.0623. The Bertz CT molecular complexity index is 1680. The topological polar surface area (TPSA) is 101 Å². The van der Waals surface area contributed by atoms with Crippen LogP contribution in [0.25, 0.3) is 11.1 Å². The summed E-state index contributed by atoms with van der Waals surface area (Å²) in [6.07, 6.45) is 4.16. The molecule has 3 aliphatic rings. The molecule has 44 heavy (non-hydrogen) atoms. The van der Waals surface area contributed by atoms with Gasteiger partial charge in [-0.2, -0.15) is 0 Å². The predicted octanol–water partition coefficient (Wildman–Crippen LogP) is 4.09. The Morgan fingerprint density at radius 3 is 2.66 bits per heavy atom. The zero-order valence-electron chi connectivity index (χ0n) is 25.1. The van der Waals surface area contributed by atoms with Gasteiger partial charge < -0.3 is 19.7 Å². The highest BCUT2D eigenvalue weighted by Gasteiger charge is 2.48.